The summed E-state index contributed by atoms with van der Waals surface area (Å²) in [4.78, 5) is 22.2. The Morgan fingerprint density at radius 1 is 1.00 bits per heavy atom. The number of rotatable bonds is 6. The summed E-state index contributed by atoms with van der Waals surface area (Å²) in [5.41, 5.74) is 2.35. The van der Waals surface area contributed by atoms with E-state index in [9.17, 15) is 4.79 Å². The molecule has 3 heterocycles. The third-order valence-electron chi connectivity index (χ3n) is 4.00. The largest absolute Gasteiger partial charge is 0.319 e. The van der Waals surface area contributed by atoms with Gasteiger partial charge in [0.25, 0.3) is 5.91 Å². The molecule has 1 amide bonds. The van der Waals surface area contributed by atoms with Gasteiger partial charge in [0.05, 0.1) is 5.69 Å². The molecule has 138 valence electrons. The highest BCUT2D eigenvalue weighted by molar-refractivity contribution is 7.98. The minimum atomic E-state index is -0.190. The van der Waals surface area contributed by atoms with Crippen LogP contribution in [0.4, 0.5) is 5.69 Å². The highest BCUT2D eigenvalue weighted by Crippen LogP contribution is 2.23. The lowest BCUT2D eigenvalue weighted by molar-refractivity contribution is 0.102. The van der Waals surface area contributed by atoms with Crippen molar-refractivity contribution in [3.05, 3.63) is 96.7 Å². The van der Waals surface area contributed by atoms with E-state index >= 15 is 0 Å². The summed E-state index contributed by atoms with van der Waals surface area (Å²) in [5.74, 6) is 1.22. The van der Waals surface area contributed by atoms with Gasteiger partial charge in [-0.05, 0) is 54.1 Å². The van der Waals surface area contributed by atoms with E-state index in [4.69, 9.17) is 0 Å². The molecule has 0 atom stereocenters. The first-order valence-electron chi connectivity index (χ1n) is 8.68. The maximum Gasteiger partial charge on any atom is 0.255 e. The Kier molecular flexibility index (Phi) is 5.44. The predicted molar refractivity (Wildman–Crippen MR) is 110 cm³/mol. The predicted octanol–water partition coefficient (Wildman–Crippen LogP) is 4.21. The van der Waals surface area contributed by atoms with Gasteiger partial charge in [-0.2, -0.15) is 5.10 Å². The van der Waals surface area contributed by atoms with Crippen LogP contribution in [0.1, 0.15) is 15.9 Å². The first-order chi connectivity index (χ1) is 13.8. The molecule has 0 aliphatic rings. The maximum atomic E-state index is 12.6. The Hall–Kier alpha value is -3.45. The molecule has 0 radical (unpaired) electrons. The van der Waals surface area contributed by atoms with Gasteiger partial charge in [0.15, 0.2) is 5.82 Å². The van der Waals surface area contributed by atoms with Gasteiger partial charge in [-0.1, -0.05) is 6.07 Å². The first-order valence-corrected chi connectivity index (χ1v) is 9.66. The number of pyridine rings is 2. The number of benzene rings is 1. The minimum Gasteiger partial charge on any atom is -0.319 e. The molecule has 4 aromatic rings. The van der Waals surface area contributed by atoms with Crippen LogP contribution in [0.5, 0.6) is 0 Å². The number of nitrogens with zero attached hydrogens (tertiary/aromatic N) is 4. The number of hydrogen-bond acceptors (Lipinski definition) is 5. The molecule has 0 spiro atoms. The van der Waals surface area contributed by atoms with E-state index < -0.39 is 0 Å². The molecule has 4 rings (SSSR count). The molecule has 1 aromatic carbocycles. The van der Waals surface area contributed by atoms with Gasteiger partial charge < -0.3 is 5.32 Å². The van der Waals surface area contributed by atoms with E-state index in [2.05, 4.69) is 20.4 Å². The van der Waals surface area contributed by atoms with Gasteiger partial charge in [-0.3, -0.25) is 9.78 Å². The van der Waals surface area contributed by atoms with Crippen LogP contribution in [-0.2, 0) is 5.75 Å². The molecule has 28 heavy (non-hydrogen) atoms. The van der Waals surface area contributed by atoms with Gasteiger partial charge >= 0.3 is 0 Å². The first kappa shape index (κ1) is 17.9. The van der Waals surface area contributed by atoms with E-state index in [0.717, 1.165) is 16.2 Å². The third-order valence-corrected chi connectivity index (χ3v) is 5.08. The molecular weight excluding hydrogens is 370 g/mol. The summed E-state index contributed by atoms with van der Waals surface area (Å²) in [6, 6.07) is 16.9. The van der Waals surface area contributed by atoms with Crippen LogP contribution < -0.4 is 5.32 Å². The molecule has 6 nitrogen and oxygen atoms in total. The summed E-state index contributed by atoms with van der Waals surface area (Å²) >= 11 is 1.71. The molecule has 0 saturated carbocycles. The molecule has 3 aromatic heterocycles. The summed E-state index contributed by atoms with van der Waals surface area (Å²) in [5, 5.41) is 7.09. The van der Waals surface area contributed by atoms with E-state index in [0.29, 0.717) is 17.1 Å². The van der Waals surface area contributed by atoms with Crippen LogP contribution in [0.3, 0.4) is 0 Å². The van der Waals surface area contributed by atoms with Gasteiger partial charge in [0, 0.05) is 47.2 Å². The molecule has 0 unspecified atom stereocenters. The lowest BCUT2D eigenvalue weighted by atomic mass is 10.2. The van der Waals surface area contributed by atoms with E-state index in [1.807, 2.05) is 48.7 Å². The minimum absolute atomic E-state index is 0.190. The SMILES string of the molecule is O=C(Nc1cccnc1-n1cccn1)c1ccc(SCc2cccnc2)cc1. The van der Waals surface area contributed by atoms with Gasteiger partial charge in [-0.15, -0.1) is 11.8 Å². The topological polar surface area (TPSA) is 72.7 Å². The number of carbonyl (C=O) groups is 1. The van der Waals surface area contributed by atoms with E-state index in [-0.39, 0.29) is 5.91 Å². The average Bonchev–Trinajstić information content (AvgIpc) is 3.28. The second-order valence-electron chi connectivity index (χ2n) is 5.95. The number of carbonyl (C=O) groups excluding carboxylic acids is 1. The number of amides is 1. The van der Waals surface area contributed by atoms with Crippen molar-refractivity contribution < 1.29 is 4.79 Å². The Labute approximate surface area is 166 Å². The molecule has 7 heteroatoms. The highest BCUT2D eigenvalue weighted by atomic mass is 32.2. The fraction of sp³-hybridized carbons (Fsp3) is 0.0476. The lowest BCUT2D eigenvalue weighted by Gasteiger charge is -2.10. The zero-order valence-corrected chi connectivity index (χ0v) is 15.7. The number of nitrogens with one attached hydrogen (secondary N) is 1. The van der Waals surface area contributed by atoms with Crippen molar-refractivity contribution in [3.63, 3.8) is 0 Å². The third kappa shape index (κ3) is 4.27. The summed E-state index contributed by atoms with van der Waals surface area (Å²) in [7, 11) is 0. The zero-order chi connectivity index (χ0) is 19.2. The molecule has 0 aliphatic heterocycles. The van der Waals surface area contributed by atoms with E-state index in [1.165, 1.54) is 0 Å². The molecule has 0 aliphatic carbocycles. The molecule has 0 fully saturated rings. The van der Waals surface area contributed by atoms with Gasteiger partial charge in [0.1, 0.15) is 0 Å². The second-order valence-corrected chi connectivity index (χ2v) is 7.00. The van der Waals surface area contributed by atoms with Crippen molar-refractivity contribution >= 4 is 23.4 Å². The van der Waals surface area contributed by atoms with Crippen molar-refractivity contribution in [2.24, 2.45) is 0 Å². The summed E-state index contributed by atoms with van der Waals surface area (Å²) in [6.45, 7) is 0. The van der Waals surface area contributed by atoms with Crippen molar-refractivity contribution in [3.8, 4) is 5.82 Å². The normalized spacial score (nSPS) is 10.6. The van der Waals surface area contributed by atoms with Crippen LogP contribution in [0.15, 0.2) is 90.5 Å². The maximum absolute atomic E-state index is 12.6. The molecule has 0 saturated heterocycles. The molecule has 0 bridgehead atoms. The Morgan fingerprint density at radius 2 is 1.86 bits per heavy atom. The number of thioether (sulfide) groups is 1. The highest BCUT2D eigenvalue weighted by Gasteiger charge is 2.11. The van der Waals surface area contributed by atoms with Crippen LogP contribution >= 0.6 is 11.8 Å². The second kappa shape index (κ2) is 8.49. The number of aromatic nitrogens is 4. The number of hydrogen-bond donors (Lipinski definition) is 1. The van der Waals surface area contributed by atoms with Crippen molar-refractivity contribution in [1.82, 2.24) is 19.7 Å². The Balaban J connectivity index is 1.43. The van der Waals surface area contributed by atoms with Crippen LogP contribution in [0.25, 0.3) is 5.82 Å². The molecular formula is C21H17N5OS. The fourth-order valence-corrected chi connectivity index (χ4v) is 3.45. The molecule has 1 N–H and O–H groups in total. The van der Waals surface area contributed by atoms with Crippen molar-refractivity contribution in [1.29, 1.82) is 0 Å². The number of anilines is 1. The monoisotopic (exact) mass is 387 g/mol. The van der Waals surface area contributed by atoms with E-state index in [1.54, 1.807) is 53.4 Å². The van der Waals surface area contributed by atoms with Crippen LogP contribution in [0, 0.1) is 0 Å². The van der Waals surface area contributed by atoms with Gasteiger partial charge in [0.2, 0.25) is 0 Å². The fourth-order valence-electron chi connectivity index (χ4n) is 2.62. The summed E-state index contributed by atoms with van der Waals surface area (Å²) in [6.07, 6.45) is 8.75. The zero-order valence-electron chi connectivity index (χ0n) is 14.9. The smallest absolute Gasteiger partial charge is 0.255 e. The quantitative estimate of drug-likeness (QED) is 0.502. The summed E-state index contributed by atoms with van der Waals surface area (Å²) < 4.78 is 1.62. The Morgan fingerprint density at radius 3 is 2.61 bits per heavy atom. The lowest BCUT2D eigenvalue weighted by Crippen LogP contribution is -2.14. The standard InChI is InChI=1S/C21H17N5OS/c27-21(25-19-5-2-11-23-20(19)26-13-3-12-24-26)17-6-8-18(9-7-17)28-15-16-4-1-10-22-14-16/h1-14H,15H2,(H,25,27). The van der Waals surface area contributed by atoms with Crippen LogP contribution in [0.2, 0.25) is 0 Å². The Bertz CT molecular complexity index is 1050. The van der Waals surface area contributed by atoms with Crippen LogP contribution in [-0.4, -0.2) is 25.7 Å². The van der Waals surface area contributed by atoms with Crippen molar-refractivity contribution in [2.45, 2.75) is 10.6 Å². The van der Waals surface area contributed by atoms with Crippen molar-refractivity contribution in [2.75, 3.05) is 5.32 Å². The average molecular weight is 387 g/mol. The van der Waals surface area contributed by atoms with Gasteiger partial charge in [-0.25, -0.2) is 9.67 Å².